The van der Waals surface area contributed by atoms with Gasteiger partial charge in [0.05, 0.1) is 12.6 Å². The first-order valence-electron chi connectivity index (χ1n) is 5.46. The molecule has 0 amide bonds. The van der Waals surface area contributed by atoms with Crippen molar-refractivity contribution in [2.75, 3.05) is 7.11 Å². The Kier molecular flexibility index (Phi) is 2.11. The lowest BCUT2D eigenvalue weighted by atomic mass is 10.1. The number of aromatic amines is 1. The minimum atomic E-state index is 0.849. The van der Waals surface area contributed by atoms with Gasteiger partial charge in [0.15, 0.2) is 0 Å². The zero-order valence-corrected chi connectivity index (χ0v) is 9.82. The number of fused-ring (bicyclic) bond motifs is 3. The van der Waals surface area contributed by atoms with Gasteiger partial charge in [-0.2, -0.15) is 0 Å². The van der Waals surface area contributed by atoms with Crippen LogP contribution < -0.4 is 9.21 Å². The third-order valence-electron chi connectivity index (χ3n) is 3.20. The lowest BCUT2D eigenvalue weighted by Crippen LogP contribution is -2.34. The summed E-state index contributed by atoms with van der Waals surface area (Å²) in [6, 6.07) is 8.05. The van der Waals surface area contributed by atoms with Crippen molar-refractivity contribution in [3.8, 4) is 5.75 Å². The number of hydrogen-bond donors (Lipinski definition) is 1. The molecular weight excluding hydrogens is 211 g/mol. The molecule has 0 spiro atoms. The average Bonchev–Trinajstić information content (AvgIpc) is 2.72. The van der Waals surface area contributed by atoms with Gasteiger partial charge in [-0.25, -0.2) is 0 Å². The molecule has 0 bridgehead atoms. The van der Waals surface area contributed by atoms with E-state index in [9.17, 15) is 0 Å². The van der Waals surface area contributed by atoms with Crippen LogP contribution in [0.3, 0.4) is 0 Å². The summed E-state index contributed by atoms with van der Waals surface area (Å²) in [5.74, 6) is 0.849. The number of pyridine rings is 1. The average molecular weight is 223 g/mol. The first kappa shape index (κ1) is 10.2. The molecule has 1 aromatic carbocycles. The van der Waals surface area contributed by atoms with E-state index < -0.39 is 0 Å². The molecule has 4 heteroatoms. The maximum atomic E-state index is 5.84. The molecule has 0 fully saturated rings. The van der Waals surface area contributed by atoms with E-state index in [2.05, 4.69) is 11.1 Å². The molecule has 0 aliphatic rings. The molecule has 0 saturated heterocycles. The highest BCUT2D eigenvalue weighted by Crippen LogP contribution is 2.28. The molecule has 17 heavy (non-hydrogen) atoms. The van der Waals surface area contributed by atoms with Crippen molar-refractivity contribution in [2.45, 2.75) is 6.92 Å². The van der Waals surface area contributed by atoms with Crippen LogP contribution in [0.15, 0.2) is 30.5 Å². The van der Waals surface area contributed by atoms with Crippen molar-refractivity contribution in [2.24, 2.45) is 0 Å². The number of nitrogens with one attached hydrogen (secondary N) is 1. The molecule has 83 valence electrons. The van der Waals surface area contributed by atoms with Gasteiger partial charge in [-0.05, 0) is 12.1 Å². The summed E-state index contributed by atoms with van der Waals surface area (Å²) < 4.78 is 6.84. The molecular formula is C13H12BN2O. The minimum absolute atomic E-state index is 0.849. The van der Waals surface area contributed by atoms with Crippen LogP contribution in [0.5, 0.6) is 5.75 Å². The van der Waals surface area contributed by atoms with Crippen LogP contribution in [-0.4, -0.2) is 20.1 Å². The quantitative estimate of drug-likeness (QED) is 0.626. The van der Waals surface area contributed by atoms with Crippen molar-refractivity contribution in [1.29, 1.82) is 0 Å². The van der Waals surface area contributed by atoms with Gasteiger partial charge in [0.1, 0.15) is 23.2 Å². The summed E-state index contributed by atoms with van der Waals surface area (Å²) in [5.41, 5.74) is 3.14. The van der Waals surface area contributed by atoms with Crippen molar-refractivity contribution in [3.63, 3.8) is 0 Å². The number of nitrogens with zero attached hydrogens (tertiary/aromatic N) is 1. The zero-order valence-electron chi connectivity index (χ0n) is 9.82. The molecule has 0 saturated carbocycles. The van der Waals surface area contributed by atoms with Crippen LogP contribution in [0.25, 0.3) is 21.8 Å². The number of benzene rings is 1. The van der Waals surface area contributed by atoms with E-state index in [1.807, 2.05) is 31.3 Å². The summed E-state index contributed by atoms with van der Waals surface area (Å²) in [5, 5.41) is 2.37. The highest BCUT2D eigenvalue weighted by Gasteiger charge is 2.09. The lowest BCUT2D eigenvalue weighted by molar-refractivity contribution is -0.527. The second-order valence-corrected chi connectivity index (χ2v) is 4.13. The first-order valence-corrected chi connectivity index (χ1v) is 5.46. The minimum Gasteiger partial charge on any atom is -0.512 e. The van der Waals surface area contributed by atoms with Crippen molar-refractivity contribution < 1.29 is 9.21 Å². The van der Waals surface area contributed by atoms with E-state index in [0.29, 0.717) is 0 Å². The number of H-pyrrole nitrogens is 1. The largest absolute Gasteiger partial charge is 0.512 e. The predicted molar refractivity (Wildman–Crippen MR) is 68.4 cm³/mol. The molecule has 2 aromatic heterocycles. The monoisotopic (exact) mass is 223 g/mol. The van der Waals surface area contributed by atoms with Crippen LogP contribution in [0, 0.1) is 6.92 Å². The Morgan fingerprint density at radius 3 is 2.82 bits per heavy atom. The number of ether oxygens (including phenoxy) is 1. The maximum absolute atomic E-state index is 5.84. The normalized spacial score (nSPS) is 11.2. The molecule has 0 atom stereocenters. The highest BCUT2D eigenvalue weighted by molar-refractivity contribution is 6.08. The van der Waals surface area contributed by atoms with E-state index in [-0.39, 0.29) is 0 Å². The van der Waals surface area contributed by atoms with Gasteiger partial charge >= 0.3 is 0 Å². The summed E-state index contributed by atoms with van der Waals surface area (Å²) in [7, 11) is 7.51. The molecule has 0 unspecified atom stereocenters. The maximum Gasteiger partial charge on any atom is 0.142 e. The Hall–Kier alpha value is -1.97. The third kappa shape index (κ3) is 1.41. The molecule has 3 radical (unpaired) electrons. The molecule has 0 aliphatic heterocycles. The fourth-order valence-electron chi connectivity index (χ4n) is 2.18. The van der Waals surface area contributed by atoms with Crippen molar-refractivity contribution in [3.05, 3.63) is 36.2 Å². The molecule has 3 nitrogen and oxygen atoms in total. The zero-order chi connectivity index (χ0) is 12.0. The SMILES string of the molecule is [B-][n+]1ccc2c([nH]c3cc(OC)ccc32)c1C. The molecule has 2 heterocycles. The van der Waals surface area contributed by atoms with E-state index in [4.69, 9.17) is 12.7 Å². The first-order chi connectivity index (χ1) is 8.20. The van der Waals surface area contributed by atoms with E-state index in [0.717, 1.165) is 22.5 Å². The van der Waals surface area contributed by atoms with Crippen molar-refractivity contribution >= 4 is 29.8 Å². The molecule has 1 N–H and O–H groups in total. The summed E-state index contributed by atoms with van der Waals surface area (Å²) in [6.45, 7) is 1.99. The van der Waals surface area contributed by atoms with E-state index >= 15 is 0 Å². The van der Waals surface area contributed by atoms with Gasteiger partial charge in [0.25, 0.3) is 0 Å². The lowest BCUT2D eigenvalue weighted by Gasteiger charge is -2.06. The fraction of sp³-hybridized carbons (Fsp3) is 0.154. The molecule has 3 rings (SSSR count). The van der Waals surface area contributed by atoms with Gasteiger partial charge in [-0.15, -0.1) is 7.98 Å². The van der Waals surface area contributed by atoms with Gasteiger partial charge in [0, 0.05) is 29.8 Å². The number of aromatic nitrogens is 2. The van der Waals surface area contributed by atoms with Gasteiger partial charge in [-0.1, -0.05) is 0 Å². The number of rotatable bonds is 1. The Labute approximate surface area is 100 Å². The Balaban J connectivity index is 2.45. The van der Waals surface area contributed by atoms with Crippen molar-refractivity contribution in [1.82, 2.24) is 4.98 Å². The number of hydrogen-bond acceptors (Lipinski definition) is 1. The summed E-state index contributed by atoms with van der Waals surface area (Å²) in [6.07, 6.45) is 1.87. The van der Waals surface area contributed by atoms with Gasteiger partial charge in [-0.3, -0.25) is 0 Å². The Morgan fingerprint density at radius 1 is 1.24 bits per heavy atom. The summed E-state index contributed by atoms with van der Waals surface area (Å²) >= 11 is 0. The van der Waals surface area contributed by atoms with Crippen LogP contribution >= 0.6 is 0 Å². The predicted octanol–water partition coefficient (Wildman–Crippen LogP) is 1.86. The second kappa shape index (κ2) is 3.52. The van der Waals surface area contributed by atoms with Gasteiger partial charge in [0.2, 0.25) is 0 Å². The fourth-order valence-corrected chi connectivity index (χ4v) is 2.18. The Bertz CT molecular complexity index is 718. The van der Waals surface area contributed by atoms with E-state index in [1.54, 1.807) is 11.6 Å². The molecule has 3 aromatic rings. The van der Waals surface area contributed by atoms with Gasteiger partial charge < -0.3 is 14.2 Å². The van der Waals surface area contributed by atoms with Crippen LogP contribution in [-0.2, 0) is 0 Å². The third-order valence-corrected chi connectivity index (χ3v) is 3.20. The summed E-state index contributed by atoms with van der Waals surface area (Å²) in [4.78, 5) is 3.38. The van der Waals surface area contributed by atoms with Crippen LogP contribution in [0.2, 0.25) is 0 Å². The van der Waals surface area contributed by atoms with Crippen LogP contribution in [0.1, 0.15) is 5.69 Å². The molecule has 0 aliphatic carbocycles. The highest BCUT2D eigenvalue weighted by atomic mass is 16.5. The smallest absolute Gasteiger partial charge is 0.142 e. The Morgan fingerprint density at radius 2 is 2.06 bits per heavy atom. The van der Waals surface area contributed by atoms with E-state index in [1.165, 1.54) is 10.8 Å². The standard InChI is InChI=1S/C13H12BN2O/c1-8-13-11(5-6-16(8)14)10-4-3-9(17-2)7-12(10)15-13/h3-7,15H,1-2H3. The number of aryl methyl sites for hydroxylation is 1. The topological polar surface area (TPSA) is 28.9 Å². The van der Waals surface area contributed by atoms with Crippen LogP contribution in [0.4, 0.5) is 0 Å². The second-order valence-electron chi connectivity index (χ2n) is 4.13. The number of methoxy groups -OCH3 is 1.